The second kappa shape index (κ2) is 15.7. The van der Waals surface area contributed by atoms with E-state index in [1.165, 1.54) is 13.3 Å². The van der Waals surface area contributed by atoms with Crippen molar-refractivity contribution >= 4 is 53.0 Å². The first-order valence-corrected chi connectivity index (χ1v) is 14.8. The van der Waals surface area contributed by atoms with Crippen LogP contribution in [0.2, 0.25) is 15.1 Å². The lowest BCUT2D eigenvalue weighted by Crippen LogP contribution is -2.45. The summed E-state index contributed by atoms with van der Waals surface area (Å²) in [5, 5.41) is 21.0. The third-order valence-electron chi connectivity index (χ3n) is 6.43. The largest absolute Gasteiger partial charge is 0.490 e. The van der Waals surface area contributed by atoms with Crippen LogP contribution in [-0.4, -0.2) is 49.9 Å². The lowest BCUT2D eigenvalue weighted by atomic mass is 9.95. The highest BCUT2D eigenvalue weighted by Crippen LogP contribution is 2.36. The zero-order valence-corrected chi connectivity index (χ0v) is 26.8. The number of esters is 1. The number of hydrazone groups is 1. The fraction of sp³-hybridized carbons (Fsp3) is 0.258. The summed E-state index contributed by atoms with van der Waals surface area (Å²) in [6.45, 7) is 3.80. The van der Waals surface area contributed by atoms with Crippen LogP contribution in [0.5, 0.6) is 17.2 Å². The lowest BCUT2D eigenvalue weighted by Gasteiger charge is -2.28. The van der Waals surface area contributed by atoms with E-state index >= 15 is 0 Å². The standard InChI is InChI=1S/C31H31Cl3N4O7/c1-4-43-25-13-20(28-27(30(40)42-3)17(2)36-31(41)37-28)7-10-24(25)44-16-26(39)38-35-14-19-11-22(33)29(23(34)12-19)45-15-18-5-8-21(32)9-6-18/h5-14,26,28,38-39H,4,15-16H2,1-3H3,(H2,36,37,41)/b35-14-/t26-,28+/m0/s1. The molecule has 238 valence electrons. The number of aliphatic hydroxyl groups is 1. The van der Waals surface area contributed by atoms with Gasteiger partial charge >= 0.3 is 12.0 Å². The van der Waals surface area contributed by atoms with Crippen LogP contribution in [0.25, 0.3) is 0 Å². The first-order valence-electron chi connectivity index (χ1n) is 13.7. The summed E-state index contributed by atoms with van der Waals surface area (Å²) in [7, 11) is 1.27. The van der Waals surface area contributed by atoms with Gasteiger partial charge in [0, 0.05) is 10.7 Å². The summed E-state index contributed by atoms with van der Waals surface area (Å²) >= 11 is 18.7. The highest BCUT2D eigenvalue weighted by atomic mass is 35.5. The monoisotopic (exact) mass is 676 g/mol. The third-order valence-corrected chi connectivity index (χ3v) is 7.24. The second-order valence-electron chi connectivity index (χ2n) is 9.64. The van der Waals surface area contributed by atoms with Gasteiger partial charge in [0.25, 0.3) is 0 Å². The maximum Gasteiger partial charge on any atom is 0.337 e. The van der Waals surface area contributed by atoms with Crippen LogP contribution in [0.3, 0.4) is 0 Å². The molecule has 3 aromatic rings. The molecule has 2 atom stereocenters. The molecule has 0 saturated heterocycles. The Morgan fingerprint density at radius 1 is 1.04 bits per heavy atom. The van der Waals surface area contributed by atoms with Crippen molar-refractivity contribution in [2.24, 2.45) is 5.10 Å². The highest BCUT2D eigenvalue weighted by Gasteiger charge is 2.32. The number of halogens is 3. The van der Waals surface area contributed by atoms with Crippen LogP contribution in [0.15, 0.2) is 71.0 Å². The van der Waals surface area contributed by atoms with Crippen molar-refractivity contribution in [2.45, 2.75) is 32.7 Å². The maximum absolute atomic E-state index is 12.4. The number of carbonyl (C=O) groups is 2. The SMILES string of the molecule is CCOc1cc([C@H]2NC(=O)NC(C)=C2C(=O)OC)ccc1OC[C@H](O)N/N=C\c1cc(Cl)c(OCc2ccc(Cl)cc2)c(Cl)c1. The zero-order chi connectivity index (χ0) is 32.5. The van der Waals surface area contributed by atoms with Crippen LogP contribution >= 0.6 is 34.8 Å². The first-order chi connectivity index (χ1) is 21.6. The quantitative estimate of drug-likeness (QED) is 0.0777. The van der Waals surface area contributed by atoms with Gasteiger partial charge in [0.15, 0.2) is 23.5 Å². The molecule has 11 nitrogen and oxygen atoms in total. The van der Waals surface area contributed by atoms with Gasteiger partial charge in [-0.25, -0.2) is 9.59 Å². The Kier molecular flexibility index (Phi) is 11.8. The van der Waals surface area contributed by atoms with E-state index in [1.807, 2.05) is 12.1 Å². The van der Waals surface area contributed by atoms with Gasteiger partial charge in [-0.3, -0.25) is 5.43 Å². The number of carbonyl (C=O) groups excluding carboxylic acids is 2. The molecule has 1 heterocycles. The van der Waals surface area contributed by atoms with Crippen LogP contribution in [0.4, 0.5) is 4.79 Å². The van der Waals surface area contributed by atoms with Gasteiger partial charge in [0.1, 0.15) is 13.2 Å². The molecule has 0 radical (unpaired) electrons. The van der Waals surface area contributed by atoms with Gasteiger partial charge in [-0.15, -0.1) is 0 Å². The van der Waals surface area contributed by atoms with Crippen molar-refractivity contribution in [2.75, 3.05) is 20.3 Å². The van der Waals surface area contributed by atoms with Crippen molar-refractivity contribution in [1.82, 2.24) is 16.1 Å². The predicted molar refractivity (Wildman–Crippen MR) is 171 cm³/mol. The van der Waals surface area contributed by atoms with Crippen molar-refractivity contribution in [3.05, 3.63) is 97.6 Å². The number of nitrogens with zero attached hydrogens (tertiary/aromatic N) is 1. The smallest absolute Gasteiger partial charge is 0.337 e. The van der Waals surface area contributed by atoms with Crippen LogP contribution in [-0.2, 0) is 16.1 Å². The molecular weight excluding hydrogens is 647 g/mol. The maximum atomic E-state index is 12.4. The van der Waals surface area contributed by atoms with Crippen LogP contribution < -0.4 is 30.3 Å². The summed E-state index contributed by atoms with van der Waals surface area (Å²) < 4.78 is 22.2. The number of allylic oxidation sites excluding steroid dienone is 1. The summed E-state index contributed by atoms with van der Waals surface area (Å²) in [4.78, 5) is 24.6. The van der Waals surface area contributed by atoms with E-state index in [9.17, 15) is 14.7 Å². The van der Waals surface area contributed by atoms with E-state index in [2.05, 4.69) is 21.2 Å². The molecule has 2 amide bonds. The van der Waals surface area contributed by atoms with E-state index < -0.39 is 24.3 Å². The van der Waals surface area contributed by atoms with Gasteiger partial charge in [-0.1, -0.05) is 53.0 Å². The predicted octanol–water partition coefficient (Wildman–Crippen LogP) is 5.75. The Balaban J connectivity index is 1.37. The second-order valence-corrected chi connectivity index (χ2v) is 10.9. The van der Waals surface area contributed by atoms with Crippen LogP contribution in [0.1, 0.15) is 36.6 Å². The number of nitrogens with one attached hydrogen (secondary N) is 3. The van der Waals surface area contributed by atoms with Crippen LogP contribution in [0, 0.1) is 0 Å². The van der Waals surface area contributed by atoms with Gasteiger partial charge in [0.05, 0.1) is 41.6 Å². The molecule has 0 unspecified atom stereocenters. The topological polar surface area (TPSA) is 140 Å². The van der Waals surface area contributed by atoms with Crippen molar-refractivity contribution in [3.63, 3.8) is 0 Å². The van der Waals surface area contributed by atoms with E-state index in [0.717, 1.165) is 5.56 Å². The third kappa shape index (κ3) is 8.95. The molecule has 0 aliphatic carbocycles. The summed E-state index contributed by atoms with van der Waals surface area (Å²) in [5.41, 5.74) is 5.25. The number of aliphatic hydroxyl groups excluding tert-OH is 1. The fourth-order valence-corrected chi connectivity index (χ4v) is 5.09. The number of benzene rings is 3. The molecule has 0 saturated carbocycles. The van der Waals surface area contributed by atoms with Gasteiger partial charge in [-0.2, -0.15) is 5.10 Å². The minimum atomic E-state index is -1.19. The average molecular weight is 678 g/mol. The zero-order valence-electron chi connectivity index (χ0n) is 24.5. The molecule has 1 aliphatic heterocycles. The van der Waals surface area contributed by atoms with Crippen molar-refractivity contribution in [3.8, 4) is 17.2 Å². The number of rotatable bonds is 13. The number of methoxy groups -OCH3 is 1. The Labute approximate surface area is 275 Å². The van der Waals surface area contributed by atoms with Gasteiger partial charge in [-0.05, 0) is 66.9 Å². The number of amides is 2. The number of hydrogen-bond donors (Lipinski definition) is 4. The van der Waals surface area contributed by atoms with E-state index in [-0.39, 0.29) is 18.8 Å². The van der Waals surface area contributed by atoms with Crippen molar-refractivity contribution in [1.29, 1.82) is 0 Å². The molecule has 4 rings (SSSR count). The number of urea groups is 1. The van der Waals surface area contributed by atoms with E-state index in [0.29, 0.717) is 55.7 Å². The summed E-state index contributed by atoms with van der Waals surface area (Å²) in [5.74, 6) is 0.431. The summed E-state index contributed by atoms with van der Waals surface area (Å²) in [6.07, 6.45) is 0.245. The Hall–Kier alpha value is -4.16. The molecule has 3 aromatic carbocycles. The highest BCUT2D eigenvalue weighted by molar-refractivity contribution is 6.37. The molecule has 0 fully saturated rings. The molecule has 14 heteroatoms. The number of ether oxygens (including phenoxy) is 4. The molecule has 45 heavy (non-hydrogen) atoms. The average Bonchev–Trinajstić information content (AvgIpc) is 3.00. The number of hydrogen-bond acceptors (Lipinski definition) is 9. The van der Waals surface area contributed by atoms with E-state index in [4.69, 9.17) is 53.8 Å². The van der Waals surface area contributed by atoms with Crippen molar-refractivity contribution < 1.29 is 33.6 Å². The normalized spacial score (nSPS) is 15.3. The minimum Gasteiger partial charge on any atom is -0.490 e. The molecule has 1 aliphatic rings. The minimum absolute atomic E-state index is 0.188. The lowest BCUT2D eigenvalue weighted by molar-refractivity contribution is -0.136. The first kappa shape index (κ1) is 33.7. The summed E-state index contributed by atoms with van der Waals surface area (Å²) in [6, 6.07) is 14.2. The molecule has 0 bridgehead atoms. The van der Waals surface area contributed by atoms with E-state index in [1.54, 1.807) is 56.3 Å². The fourth-order valence-electron chi connectivity index (χ4n) is 4.35. The molecule has 0 spiro atoms. The molecule has 4 N–H and O–H groups in total. The molecule has 0 aromatic heterocycles. The molecular formula is C31H31Cl3N4O7. The van der Waals surface area contributed by atoms with Gasteiger partial charge in [0.2, 0.25) is 0 Å². The van der Waals surface area contributed by atoms with Gasteiger partial charge < -0.3 is 34.7 Å². The Morgan fingerprint density at radius 2 is 1.76 bits per heavy atom. The Morgan fingerprint density at radius 3 is 2.42 bits per heavy atom. The Bertz CT molecular complexity index is 1580.